The molecule has 0 bridgehead atoms. The minimum Gasteiger partial charge on any atom is -0.292 e. The molecule has 12 aromatic rings. The molecule has 0 radical (unpaired) electrons. The number of pyridine rings is 2. The molecule has 12 rings (SSSR count). The van der Waals surface area contributed by atoms with Crippen LogP contribution in [0.1, 0.15) is 0 Å². The molecule has 3 heterocycles. The highest BCUT2D eigenvalue weighted by Gasteiger charge is 2.18. The summed E-state index contributed by atoms with van der Waals surface area (Å²) in [5.74, 6) is 0.906. The average Bonchev–Trinajstić information content (AvgIpc) is 3.73. The Bertz CT molecular complexity index is 3550. The molecule has 61 heavy (non-hydrogen) atoms. The zero-order chi connectivity index (χ0) is 40.3. The summed E-state index contributed by atoms with van der Waals surface area (Å²) >= 11 is 0. The fourth-order valence-corrected chi connectivity index (χ4v) is 9.10. The number of hydrogen-bond acceptors (Lipinski definition) is 3. The van der Waals surface area contributed by atoms with E-state index in [9.17, 15) is 0 Å². The van der Waals surface area contributed by atoms with E-state index >= 15 is 0 Å². The molecule has 0 aliphatic heterocycles. The molecule has 0 fully saturated rings. The summed E-state index contributed by atoms with van der Waals surface area (Å²) < 4.78 is 2.23. The van der Waals surface area contributed by atoms with Crippen molar-refractivity contribution in [1.82, 2.24) is 19.5 Å². The summed E-state index contributed by atoms with van der Waals surface area (Å²) in [6.45, 7) is 0. The van der Waals surface area contributed by atoms with Crippen LogP contribution in [-0.2, 0) is 0 Å². The van der Waals surface area contributed by atoms with Crippen molar-refractivity contribution in [1.29, 1.82) is 0 Å². The van der Waals surface area contributed by atoms with Gasteiger partial charge in [-0.15, -0.1) is 0 Å². The van der Waals surface area contributed by atoms with E-state index in [1.807, 2.05) is 12.1 Å². The molecule has 0 unspecified atom stereocenters. The normalized spacial score (nSPS) is 11.6. The van der Waals surface area contributed by atoms with Gasteiger partial charge in [-0.05, 0) is 80.2 Å². The lowest BCUT2D eigenvalue weighted by Gasteiger charge is -2.18. The van der Waals surface area contributed by atoms with Crippen LogP contribution in [0.4, 0.5) is 0 Å². The fraction of sp³-hybridized carbons (Fsp3) is 0. The Hall–Kier alpha value is -8.21. The molecule has 4 nitrogen and oxygen atoms in total. The minimum atomic E-state index is 0.889. The van der Waals surface area contributed by atoms with Crippen molar-refractivity contribution in [3.63, 3.8) is 0 Å². The van der Waals surface area contributed by atoms with Crippen LogP contribution < -0.4 is 0 Å². The first-order valence-electron chi connectivity index (χ1n) is 20.7. The maximum atomic E-state index is 5.30. The van der Waals surface area contributed by atoms with Crippen molar-refractivity contribution in [3.8, 4) is 61.8 Å². The highest BCUT2D eigenvalue weighted by Crippen LogP contribution is 2.44. The second-order valence-corrected chi connectivity index (χ2v) is 15.6. The van der Waals surface area contributed by atoms with Gasteiger partial charge < -0.3 is 0 Å². The summed E-state index contributed by atoms with van der Waals surface area (Å²) in [4.78, 5) is 15.6. The predicted molar refractivity (Wildman–Crippen MR) is 254 cm³/mol. The largest absolute Gasteiger partial charge is 0.292 e. The zero-order valence-electron chi connectivity index (χ0n) is 33.1. The van der Waals surface area contributed by atoms with Crippen molar-refractivity contribution in [3.05, 3.63) is 218 Å². The van der Waals surface area contributed by atoms with Gasteiger partial charge in [0.25, 0.3) is 0 Å². The van der Waals surface area contributed by atoms with Crippen molar-refractivity contribution in [2.24, 2.45) is 0 Å². The van der Waals surface area contributed by atoms with E-state index in [-0.39, 0.29) is 0 Å². The first-order chi connectivity index (χ1) is 30.2. The van der Waals surface area contributed by atoms with Gasteiger partial charge in [0.15, 0.2) is 0 Å². The molecule has 0 spiro atoms. The highest BCUT2D eigenvalue weighted by atomic mass is 15.1. The average molecular weight is 777 g/mol. The van der Waals surface area contributed by atoms with E-state index in [4.69, 9.17) is 15.0 Å². The maximum Gasteiger partial charge on any atom is 0.145 e. The molecule has 0 aliphatic carbocycles. The smallest absolute Gasteiger partial charge is 0.145 e. The van der Waals surface area contributed by atoms with Gasteiger partial charge in [-0.2, -0.15) is 0 Å². The standard InChI is InChI=1S/C57H36N4/c1-3-13-39(14-4-1)53-45-17-7-9-19-47(45)54(48-20-10-8-18-46(48)53)40-27-23-37(24-28-40)49-35-33-41-29-30-42-34-36-50(59-56(42)55(41)58-49)38-25-31-43(32-26-38)57-60-51-21-11-12-22-52(51)61(57)44-15-5-2-6-16-44/h1-36H. The SMILES string of the molecule is c1ccc(-c2c3ccccc3c(-c3ccc(-c4ccc5ccc6ccc(-c7ccc(-c8nc9ccccc9n8-c8ccccc8)cc7)nc6c5n4)cc3)c3ccccc23)cc1. The van der Waals surface area contributed by atoms with Crippen LogP contribution in [0.2, 0.25) is 0 Å². The third kappa shape index (κ3) is 5.88. The van der Waals surface area contributed by atoms with Crippen LogP contribution in [0.5, 0.6) is 0 Å². The van der Waals surface area contributed by atoms with E-state index in [0.29, 0.717) is 0 Å². The number of para-hydroxylation sites is 3. The van der Waals surface area contributed by atoms with Crippen molar-refractivity contribution < 1.29 is 0 Å². The Morgan fingerprint density at radius 1 is 0.295 bits per heavy atom. The molecule has 4 heteroatoms. The molecule has 0 N–H and O–H groups in total. The van der Waals surface area contributed by atoms with Crippen molar-refractivity contribution >= 4 is 54.4 Å². The minimum absolute atomic E-state index is 0.889. The topological polar surface area (TPSA) is 43.6 Å². The first kappa shape index (κ1) is 34.8. The Morgan fingerprint density at radius 2 is 0.705 bits per heavy atom. The molecule has 3 aromatic heterocycles. The summed E-state index contributed by atoms with van der Waals surface area (Å²) in [7, 11) is 0. The Labute approximate surface area is 352 Å². The van der Waals surface area contributed by atoms with E-state index in [0.717, 1.165) is 72.4 Å². The molecule has 0 saturated carbocycles. The number of benzene rings is 9. The molecule has 0 saturated heterocycles. The third-order valence-electron chi connectivity index (χ3n) is 12.0. The van der Waals surface area contributed by atoms with Crippen molar-refractivity contribution in [2.45, 2.75) is 0 Å². The fourth-order valence-electron chi connectivity index (χ4n) is 9.10. The first-order valence-corrected chi connectivity index (χ1v) is 20.7. The second kappa shape index (κ2) is 14.3. The van der Waals surface area contributed by atoms with Crippen LogP contribution >= 0.6 is 0 Å². The van der Waals surface area contributed by atoms with Crippen LogP contribution in [0.25, 0.3) is 116 Å². The van der Waals surface area contributed by atoms with Crippen LogP contribution in [0, 0.1) is 0 Å². The third-order valence-corrected chi connectivity index (χ3v) is 12.0. The maximum absolute atomic E-state index is 5.30. The molecule has 284 valence electrons. The van der Waals surface area contributed by atoms with E-state index in [2.05, 4.69) is 211 Å². The van der Waals surface area contributed by atoms with Gasteiger partial charge in [-0.25, -0.2) is 15.0 Å². The Balaban J connectivity index is 0.913. The number of aromatic nitrogens is 4. The molecule has 0 amide bonds. The summed E-state index contributed by atoms with van der Waals surface area (Å²) in [5.41, 5.74) is 14.8. The van der Waals surface area contributed by atoms with Gasteiger partial charge in [0.2, 0.25) is 0 Å². The summed E-state index contributed by atoms with van der Waals surface area (Å²) in [6, 6.07) is 77.4. The molecule has 0 aliphatic rings. The lowest BCUT2D eigenvalue weighted by atomic mass is 9.86. The number of hydrogen-bond donors (Lipinski definition) is 0. The Kier molecular flexibility index (Phi) is 8.13. The van der Waals surface area contributed by atoms with Gasteiger partial charge >= 0.3 is 0 Å². The van der Waals surface area contributed by atoms with Gasteiger partial charge in [0, 0.05) is 33.2 Å². The lowest BCUT2D eigenvalue weighted by molar-refractivity contribution is 1.10. The number of imidazole rings is 1. The van der Waals surface area contributed by atoms with Crippen LogP contribution in [0.15, 0.2) is 218 Å². The summed E-state index contributed by atoms with van der Waals surface area (Å²) in [6.07, 6.45) is 0. The molecular formula is C57H36N4. The van der Waals surface area contributed by atoms with Crippen LogP contribution in [-0.4, -0.2) is 19.5 Å². The highest BCUT2D eigenvalue weighted by molar-refractivity contribution is 6.21. The van der Waals surface area contributed by atoms with E-state index in [1.165, 1.54) is 43.8 Å². The Morgan fingerprint density at radius 3 is 1.25 bits per heavy atom. The summed E-state index contributed by atoms with van der Waals surface area (Å²) in [5, 5.41) is 7.10. The molecule has 9 aromatic carbocycles. The van der Waals surface area contributed by atoms with Crippen LogP contribution in [0.3, 0.4) is 0 Å². The number of nitrogens with zero attached hydrogens (tertiary/aromatic N) is 4. The second-order valence-electron chi connectivity index (χ2n) is 15.6. The van der Waals surface area contributed by atoms with Crippen molar-refractivity contribution in [2.75, 3.05) is 0 Å². The van der Waals surface area contributed by atoms with Gasteiger partial charge in [0.05, 0.1) is 33.5 Å². The zero-order valence-corrected chi connectivity index (χ0v) is 33.1. The quantitative estimate of drug-likeness (QED) is 0.125. The van der Waals surface area contributed by atoms with Gasteiger partial charge in [-0.3, -0.25) is 4.57 Å². The van der Waals surface area contributed by atoms with E-state index < -0.39 is 0 Å². The van der Waals surface area contributed by atoms with E-state index in [1.54, 1.807) is 0 Å². The number of fused-ring (bicyclic) bond motifs is 6. The molecule has 0 atom stereocenters. The van der Waals surface area contributed by atoms with Gasteiger partial charge in [-0.1, -0.05) is 182 Å². The van der Waals surface area contributed by atoms with Gasteiger partial charge in [0.1, 0.15) is 5.82 Å². The monoisotopic (exact) mass is 776 g/mol. The number of rotatable bonds is 6. The molecular weight excluding hydrogens is 741 g/mol. The lowest BCUT2D eigenvalue weighted by Crippen LogP contribution is -1.97. The predicted octanol–water partition coefficient (Wildman–Crippen LogP) is 14.8.